The molecule has 4 aromatic rings. The number of aryl methyl sites for hydroxylation is 2. The molecule has 4 rings (SSSR count). The van der Waals surface area contributed by atoms with Crippen LogP contribution in [-0.2, 0) is 32.6 Å². The third kappa shape index (κ3) is 8.66. The van der Waals surface area contributed by atoms with E-state index in [1.165, 1.54) is 17.0 Å². The van der Waals surface area contributed by atoms with Crippen LogP contribution in [0.1, 0.15) is 35.6 Å². The van der Waals surface area contributed by atoms with Crippen LogP contribution >= 0.6 is 23.2 Å². The van der Waals surface area contributed by atoms with Crippen molar-refractivity contribution < 1.29 is 18.0 Å². The van der Waals surface area contributed by atoms with Crippen molar-refractivity contribution in [3.63, 3.8) is 0 Å². The van der Waals surface area contributed by atoms with E-state index in [4.69, 9.17) is 23.2 Å². The average Bonchev–Trinajstić information content (AvgIpc) is 3.02. The molecule has 1 atom stereocenters. The van der Waals surface area contributed by atoms with E-state index in [0.717, 1.165) is 15.4 Å². The molecule has 0 aliphatic rings. The van der Waals surface area contributed by atoms with Crippen molar-refractivity contribution in [1.82, 2.24) is 10.2 Å². The standard InChI is InChI=1S/C35H37Cl2N3O4S/c1-4-19-38-35(42)33(21-27-11-7-5-8-12-27)39(23-28-16-17-29(36)22-31(28)37)34(41)24-40(32-18-15-25(2)20-26(32)3)45(43,44)30-13-9-6-10-14-30/h5-18,20,22,33H,4,19,21,23-24H2,1-3H3,(H,38,42)/t33-/m0/s1. The lowest BCUT2D eigenvalue weighted by Crippen LogP contribution is -2.53. The molecular formula is C35H37Cl2N3O4S. The molecule has 1 N–H and O–H groups in total. The first-order chi connectivity index (χ1) is 21.5. The van der Waals surface area contributed by atoms with Crippen molar-refractivity contribution in [3.05, 3.63) is 129 Å². The molecule has 7 nitrogen and oxygen atoms in total. The molecule has 0 aromatic heterocycles. The normalized spacial score (nSPS) is 11.9. The molecule has 0 radical (unpaired) electrons. The Bertz CT molecular complexity index is 1730. The highest BCUT2D eigenvalue weighted by molar-refractivity contribution is 7.92. The zero-order valence-electron chi connectivity index (χ0n) is 25.5. The van der Waals surface area contributed by atoms with E-state index in [0.29, 0.717) is 39.8 Å². The van der Waals surface area contributed by atoms with Gasteiger partial charge in [0, 0.05) is 29.6 Å². The van der Waals surface area contributed by atoms with Gasteiger partial charge in [0.05, 0.1) is 10.6 Å². The summed E-state index contributed by atoms with van der Waals surface area (Å²) in [4.78, 5) is 29.8. The van der Waals surface area contributed by atoms with Crippen LogP contribution in [0.5, 0.6) is 0 Å². The highest BCUT2D eigenvalue weighted by atomic mass is 35.5. The van der Waals surface area contributed by atoms with Crippen LogP contribution in [-0.4, -0.2) is 44.3 Å². The van der Waals surface area contributed by atoms with E-state index >= 15 is 0 Å². The number of carbonyl (C=O) groups is 2. The van der Waals surface area contributed by atoms with Gasteiger partial charge < -0.3 is 10.2 Å². The zero-order valence-corrected chi connectivity index (χ0v) is 27.9. The molecule has 0 spiro atoms. The van der Waals surface area contributed by atoms with Gasteiger partial charge in [-0.3, -0.25) is 13.9 Å². The van der Waals surface area contributed by atoms with E-state index in [1.807, 2.05) is 63.2 Å². The van der Waals surface area contributed by atoms with Crippen LogP contribution in [0.3, 0.4) is 0 Å². The second-order valence-corrected chi connectivity index (χ2v) is 13.6. The molecule has 0 aliphatic carbocycles. The van der Waals surface area contributed by atoms with Crippen LogP contribution < -0.4 is 9.62 Å². The molecule has 45 heavy (non-hydrogen) atoms. The first-order valence-electron chi connectivity index (χ1n) is 14.7. The Morgan fingerprint density at radius 3 is 2.16 bits per heavy atom. The van der Waals surface area contributed by atoms with Gasteiger partial charge in [-0.05, 0) is 67.3 Å². The van der Waals surface area contributed by atoms with Crippen LogP contribution in [0.2, 0.25) is 10.0 Å². The van der Waals surface area contributed by atoms with Gasteiger partial charge in [0.25, 0.3) is 10.0 Å². The molecule has 0 unspecified atom stereocenters. The fourth-order valence-corrected chi connectivity index (χ4v) is 7.04. The second-order valence-electron chi connectivity index (χ2n) is 10.9. The smallest absolute Gasteiger partial charge is 0.264 e. The fraction of sp³-hybridized carbons (Fsp3) is 0.257. The molecule has 0 fully saturated rings. The third-order valence-corrected chi connectivity index (χ3v) is 9.77. The Hall–Kier alpha value is -3.85. The number of hydrogen-bond donors (Lipinski definition) is 1. The molecule has 0 heterocycles. The number of nitrogens with zero attached hydrogens (tertiary/aromatic N) is 2. The van der Waals surface area contributed by atoms with Crippen LogP contribution in [0.25, 0.3) is 0 Å². The lowest BCUT2D eigenvalue weighted by atomic mass is 10.0. The number of anilines is 1. The quantitative estimate of drug-likeness (QED) is 0.167. The number of nitrogens with one attached hydrogen (secondary N) is 1. The van der Waals surface area contributed by atoms with Crippen LogP contribution in [0, 0.1) is 13.8 Å². The van der Waals surface area contributed by atoms with Crippen molar-refractivity contribution in [2.24, 2.45) is 0 Å². The Kier molecular flexibility index (Phi) is 11.7. The maximum absolute atomic E-state index is 14.5. The number of carbonyl (C=O) groups excluding carboxylic acids is 2. The van der Waals surface area contributed by atoms with Gasteiger partial charge in [-0.15, -0.1) is 0 Å². The van der Waals surface area contributed by atoms with E-state index in [-0.39, 0.29) is 23.8 Å². The summed E-state index contributed by atoms with van der Waals surface area (Å²) in [5.41, 5.74) is 3.43. The number of sulfonamides is 1. The lowest BCUT2D eigenvalue weighted by molar-refractivity contribution is -0.140. The Morgan fingerprint density at radius 2 is 1.53 bits per heavy atom. The molecule has 4 aromatic carbocycles. The topological polar surface area (TPSA) is 86.8 Å². The summed E-state index contributed by atoms with van der Waals surface area (Å²) in [6.45, 7) is 5.50. The van der Waals surface area contributed by atoms with Crippen molar-refractivity contribution in [2.75, 3.05) is 17.4 Å². The maximum atomic E-state index is 14.5. The van der Waals surface area contributed by atoms with Crippen molar-refractivity contribution in [1.29, 1.82) is 0 Å². The van der Waals surface area contributed by atoms with Gasteiger partial charge in [0.1, 0.15) is 12.6 Å². The SMILES string of the molecule is CCCNC(=O)[C@H](Cc1ccccc1)N(Cc1ccc(Cl)cc1Cl)C(=O)CN(c1ccc(C)cc1C)S(=O)(=O)c1ccccc1. The summed E-state index contributed by atoms with van der Waals surface area (Å²) in [6, 6.07) is 26.8. The largest absolute Gasteiger partial charge is 0.354 e. The minimum atomic E-state index is -4.18. The average molecular weight is 667 g/mol. The number of hydrogen-bond acceptors (Lipinski definition) is 4. The Morgan fingerprint density at radius 1 is 0.867 bits per heavy atom. The van der Waals surface area contributed by atoms with Gasteiger partial charge in [0.2, 0.25) is 11.8 Å². The summed E-state index contributed by atoms with van der Waals surface area (Å²) in [7, 11) is -4.18. The first-order valence-corrected chi connectivity index (χ1v) is 16.9. The van der Waals surface area contributed by atoms with E-state index < -0.39 is 28.5 Å². The summed E-state index contributed by atoms with van der Waals surface area (Å²) in [5, 5.41) is 3.69. The van der Waals surface area contributed by atoms with E-state index in [1.54, 1.807) is 42.5 Å². The van der Waals surface area contributed by atoms with Crippen LogP contribution in [0.15, 0.2) is 102 Å². The monoisotopic (exact) mass is 665 g/mol. The number of halogens is 2. The summed E-state index contributed by atoms with van der Waals surface area (Å²) >= 11 is 12.7. The van der Waals surface area contributed by atoms with E-state index in [9.17, 15) is 18.0 Å². The summed E-state index contributed by atoms with van der Waals surface area (Å²) < 4.78 is 29.4. The van der Waals surface area contributed by atoms with E-state index in [2.05, 4.69) is 5.32 Å². The number of benzene rings is 4. The predicted octanol–water partition coefficient (Wildman–Crippen LogP) is 6.97. The third-order valence-electron chi connectivity index (χ3n) is 7.41. The van der Waals surface area contributed by atoms with Crippen LogP contribution in [0.4, 0.5) is 5.69 Å². The number of amides is 2. The lowest BCUT2D eigenvalue weighted by Gasteiger charge is -2.34. The maximum Gasteiger partial charge on any atom is 0.264 e. The Labute approximate surface area is 275 Å². The fourth-order valence-electron chi connectivity index (χ4n) is 5.07. The van der Waals surface area contributed by atoms with Gasteiger partial charge in [-0.1, -0.05) is 102 Å². The van der Waals surface area contributed by atoms with Gasteiger partial charge in [-0.2, -0.15) is 0 Å². The number of rotatable bonds is 13. The second kappa shape index (κ2) is 15.4. The first kappa shape index (κ1) is 34.0. The highest BCUT2D eigenvalue weighted by Gasteiger charge is 2.35. The molecule has 0 bridgehead atoms. The minimum Gasteiger partial charge on any atom is -0.354 e. The van der Waals surface area contributed by atoms with Gasteiger partial charge >= 0.3 is 0 Å². The molecule has 236 valence electrons. The molecule has 0 aliphatic heterocycles. The zero-order chi connectivity index (χ0) is 32.6. The molecule has 10 heteroatoms. The van der Waals surface area contributed by atoms with Crippen molar-refractivity contribution >= 4 is 50.7 Å². The van der Waals surface area contributed by atoms with Crippen molar-refractivity contribution in [2.45, 2.75) is 51.1 Å². The predicted molar refractivity (Wildman–Crippen MR) is 181 cm³/mol. The molecular weight excluding hydrogens is 629 g/mol. The van der Waals surface area contributed by atoms with Gasteiger partial charge in [0.15, 0.2) is 0 Å². The molecule has 2 amide bonds. The van der Waals surface area contributed by atoms with Crippen molar-refractivity contribution in [3.8, 4) is 0 Å². The van der Waals surface area contributed by atoms with Gasteiger partial charge in [-0.25, -0.2) is 8.42 Å². The Balaban J connectivity index is 1.83. The summed E-state index contributed by atoms with van der Waals surface area (Å²) in [5.74, 6) is -0.906. The minimum absolute atomic E-state index is 0.0437. The molecule has 0 saturated heterocycles. The summed E-state index contributed by atoms with van der Waals surface area (Å²) in [6.07, 6.45) is 0.916. The molecule has 0 saturated carbocycles. The highest BCUT2D eigenvalue weighted by Crippen LogP contribution is 2.29.